The molecular weight excluding hydrogens is 358 g/mol. The minimum Gasteiger partial charge on any atom is -0.326 e. The van der Waals surface area contributed by atoms with Crippen LogP contribution in [0.4, 0.5) is 23.2 Å². The Balaban J connectivity index is 1.84. The fourth-order valence-corrected chi connectivity index (χ4v) is 3.17. The summed E-state index contributed by atoms with van der Waals surface area (Å²) >= 11 is 0. The first-order valence-corrected chi connectivity index (χ1v) is 8.79. The van der Waals surface area contributed by atoms with E-state index in [0.29, 0.717) is 11.3 Å². The van der Waals surface area contributed by atoms with E-state index in [1.54, 1.807) is 0 Å². The van der Waals surface area contributed by atoms with Gasteiger partial charge in [-0.25, -0.2) is 4.39 Å². The third-order valence-corrected chi connectivity index (χ3v) is 4.58. The van der Waals surface area contributed by atoms with E-state index in [1.165, 1.54) is 36.4 Å². The highest BCUT2D eigenvalue weighted by atomic mass is 32.2. The zero-order chi connectivity index (χ0) is 18.4. The van der Waals surface area contributed by atoms with Crippen molar-refractivity contribution in [3.05, 3.63) is 65.5 Å². The van der Waals surface area contributed by atoms with E-state index in [0.717, 1.165) is 12.1 Å². The van der Waals surface area contributed by atoms with E-state index in [1.807, 2.05) is 0 Å². The fraction of sp³-hybridized carbons (Fsp3) is 0.235. The van der Waals surface area contributed by atoms with Crippen LogP contribution in [0.5, 0.6) is 0 Å². The lowest BCUT2D eigenvalue weighted by Crippen LogP contribution is -2.15. The normalized spacial score (nSPS) is 12.6. The van der Waals surface area contributed by atoms with Crippen molar-refractivity contribution in [3.63, 3.8) is 0 Å². The van der Waals surface area contributed by atoms with E-state index in [2.05, 4.69) is 5.32 Å². The van der Waals surface area contributed by atoms with Crippen molar-refractivity contribution in [2.45, 2.75) is 18.3 Å². The number of hydrogen-bond acceptors (Lipinski definition) is 2. The summed E-state index contributed by atoms with van der Waals surface area (Å²) in [5.74, 6) is -0.874. The molecule has 0 bridgehead atoms. The molecule has 0 heterocycles. The molecule has 2 rings (SSSR count). The molecule has 0 saturated carbocycles. The third kappa shape index (κ3) is 6.30. The predicted octanol–water partition coefficient (Wildman–Crippen LogP) is 4.12. The van der Waals surface area contributed by atoms with Gasteiger partial charge in [0.15, 0.2) is 0 Å². The van der Waals surface area contributed by atoms with Crippen molar-refractivity contribution in [3.8, 4) is 0 Å². The van der Waals surface area contributed by atoms with Crippen LogP contribution in [0.2, 0.25) is 0 Å². The number of nitrogens with one attached hydrogen (secondary N) is 1. The average molecular weight is 373 g/mol. The standard InChI is InChI=1S/C17H15F4NO2S/c18-14-4-6-15(7-5-14)22-16(23)8-9-25(24)11-12-2-1-3-13(10-12)17(19,20)21/h1-7,10H,8-9,11H2,(H,22,23)/t25-/m1/s1. The Morgan fingerprint density at radius 2 is 1.76 bits per heavy atom. The lowest BCUT2D eigenvalue weighted by atomic mass is 10.1. The van der Waals surface area contributed by atoms with Gasteiger partial charge in [-0.2, -0.15) is 13.2 Å². The van der Waals surface area contributed by atoms with Gasteiger partial charge in [0.1, 0.15) is 5.82 Å². The summed E-state index contributed by atoms with van der Waals surface area (Å²) in [5, 5.41) is 2.53. The molecule has 3 nitrogen and oxygen atoms in total. The highest BCUT2D eigenvalue weighted by Gasteiger charge is 2.30. The first-order chi connectivity index (χ1) is 11.7. The maximum Gasteiger partial charge on any atom is 0.416 e. The quantitative estimate of drug-likeness (QED) is 0.775. The Morgan fingerprint density at radius 1 is 1.08 bits per heavy atom. The summed E-state index contributed by atoms with van der Waals surface area (Å²) in [6.45, 7) is 0. The van der Waals surface area contributed by atoms with Crippen molar-refractivity contribution in [1.82, 2.24) is 0 Å². The van der Waals surface area contributed by atoms with E-state index < -0.39 is 34.3 Å². The summed E-state index contributed by atoms with van der Waals surface area (Å²) in [4.78, 5) is 11.8. The highest BCUT2D eigenvalue weighted by molar-refractivity contribution is 7.84. The van der Waals surface area contributed by atoms with Gasteiger partial charge in [-0.15, -0.1) is 0 Å². The molecule has 0 spiro atoms. The molecule has 0 aliphatic heterocycles. The van der Waals surface area contributed by atoms with Crippen LogP contribution in [0, 0.1) is 5.82 Å². The zero-order valence-corrected chi connectivity index (χ0v) is 13.8. The molecule has 0 radical (unpaired) electrons. The highest BCUT2D eigenvalue weighted by Crippen LogP contribution is 2.29. The maximum atomic E-state index is 12.8. The molecule has 0 fully saturated rings. The molecule has 0 saturated heterocycles. The van der Waals surface area contributed by atoms with Gasteiger partial charge in [0.2, 0.25) is 5.91 Å². The number of amides is 1. The lowest BCUT2D eigenvalue weighted by Gasteiger charge is -2.09. The number of benzene rings is 2. The van der Waals surface area contributed by atoms with Crippen molar-refractivity contribution in [1.29, 1.82) is 0 Å². The Kier molecular flexibility index (Phi) is 6.30. The van der Waals surface area contributed by atoms with E-state index >= 15 is 0 Å². The van der Waals surface area contributed by atoms with Crippen LogP contribution in [0.15, 0.2) is 48.5 Å². The van der Waals surface area contributed by atoms with Crippen LogP contribution in [0.1, 0.15) is 17.5 Å². The summed E-state index contributed by atoms with van der Waals surface area (Å²) in [5.41, 5.74) is -0.0850. The first-order valence-electron chi connectivity index (χ1n) is 7.30. The van der Waals surface area contributed by atoms with Crippen LogP contribution >= 0.6 is 0 Å². The van der Waals surface area contributed by atoms with Crippen molar-refractivity contribution < 1.29 is 26.6 Å². The van der Waals surface area contributed by atoms with Crippen LogP contribution in [-0.2, 0) is 27.5 Å². The molecule has 0 aliphatic rings. The summed E-state index contributed by atoms with van der Waals surface area (Å²) in [6.07, 6.45) is -4.50. The Hall–Kier alpha value is -2.22. The smallest absolute Gasteiger partial charge is 0.326 e. The van der Waals surface area contributed by atoms with Crippen LogP contribution < -0.4 is 5.32 Å². The Morgan fingerprint density at radius 3 is 2.40 bits per heavy atom. The van der Waals surface area contributed by atoms with Gasteiger partial charge in [0, 0.05) is 34.4 Å². The van der Waals surface area contributed by atoms with Gasteiger partial charge in [-0.05, 0) is 35.9 Å². The number of anilines is 1. The monoisotopic (exact) mass is 373 g/mol. The van der Waals surface area contributed by atoms with Crippen molar-refractivity contribution >= 4 is 22.4 Å². The minimum atomic E-state index is -4.45. The zero-order valence-electron chi connectivity index (χ0n) is 13.0. The lowest BCUT2D eigenvalue weighted by molar-refractivity contribution is -0.137. The number of carbonyl (C=O) groups is 1. The molecule has 1 atom stereocenters. The topological polar surface area (TPSA) is 46.2 Å². The molecule has 2 aromatic rings. The molecule has 1 amide bonds. The van der Waals surface area contributed by atoms with Crippen LogP contribution in [0.3, 0.4) is 0 Å². The molecule has 0 aromatic heterocycles. The van der Waals surface area contributed by atoms with Gasteiger partial charge in [0.25, 0.3) is 0 Å². The first kappa shape index (κ1) is 19.1. The van der Waals surface area contributed by atoms with Crippen LogP contribution in [0.25, 0.3) is 0 Å². The Labute approximate surface area is 144 Å². The van der Waals surface area contributed by atoms with Crippen LogP contribution in [-0.4, -0.2) is 15.9 Å². The largest absolute Gasteiger partial charge is 0.416 e. The van der Waals surface area contributed by atoms with E-state index in [-0.39, 0.29) is 17.9 Å². The number of rotatable bonds is 6. The number of hydrogen-bond donors (Lipinski definition) is 1. The van der Waals surface area contributed by atoms with E-state index in [4.69, 9.17) is 0 Å². The minimum absolute atomic E-state index is 0.0171. The second kappa shape index (κ2) is 8.24. The summed E-state index contributed by atoms with van der Waals surface area (Å²) < 4.78 is 62.7. The molecular formula is C17H15F4NO2S. The predicted molar refractivity (Wildman–Crippen MR) is 87.8 cm³/mol. The van der Waals surface area contributed by atoms with Gasteiger partial charge >= 0.3 is 6.18 Å². The number of halogens is 4. The third-order valence-electron chi connectivity index (χ3n) is 3.27. The van der Waals surface area contributed by atoms with Crippen molar-refractivity contribution in [2.24, 2.45) is 0 Å². The number of carbonyl (C=O) groups excluding carboxylic acids is 1. The van der Waals surface area contributed by atoms with Gasteiger partial charge in [0.05, 0.1) is 5.56 Å². The SMILES string of the molecule is O=C(CC[S@@](=O)Cc1cccc(C(F)(F)F)c1)Nc1ccc(F)cc1. The maximum absolute atomic E-state index is 12.8. The molecule has 0 aliphatic carbocycles. The molecule has 1 N–H and O–H groups in total. The molecule has 134 valence electrons. The van der Waals surface area contributed by atoms with Gasteiger partial charge in [-0.3, -0.25) is 9.00 Å². The average Bonchev–Trinajstić information content (AvgIpc) is 2.55. The summed E-state index contributed by atoms with van der Waals surface area (Å²) in [7, 11) is -1.48. The second-order valence-electron chi connectivity index (χ2n) is 5.29. The second-order valence-corrected chi connectivity index (χ2v) is 6.87. The Bertz CT molecular complexity index is 760. The molecule has 2 aromatic carbocycles. The summed E-state index contributed by atoms with van der Waals surface area (Å²) in [6, 6.07) is 9.81. The van der Waals surface area contributed by atoms with Gasteiger partial charge in [-0.1, -0.05) is 18.2 Å². The van der Waals surface area contributed by atoms with Crippen molar-refractivity contribution in [2.75, 3.05) is 11.1 Å². The van der Waals surface area contributed by atoms with E-state index in [9.17, 15) is 26.6 Å². The molecule has 0 unspecified atom stereocenters. The molecule has 25 heavy (non-hydrogen) atoms. The number of alkyl halides is 3. The van der Waals surface area contributed by atoms with Gasteiger partial charge < -0.3 is 5.32 Å². The fourth-order valence-electron chi connectivity index (χ4n) is 2.06. The molecule has 8 heteroatoms.